The summed E-state index contributed by atoms with van der Waals surface area (Å²) in [6, 6.07) is 5.54. The van der Waals surface area contributed by atoms with Gasteiger partial charge in [-0.2, -0.15) is 0 Å². The van der Waals surface area contributed by atoms with Gasteiger partial charge in [0.25, 0.3) is 5.91 Å². The van der Waals surface area contributed by atoms with E-state index in [9.17, 15) is 14.4 Å². The summed E-state index contributed by atoms with van der Waals surface area (Å²) in [6.45, 7) is 1.84. The third kappa shape index (κ3) is 7.05. The smallest absolute Gasteiger partial charge is 0.330 e. The molecule has 0 aliphatic carbocycles. The number of phenols is 1. The Morgan fingerprint density at radius 1 is 1.17 bits per heavy atom. The van der Waals surface area contributed by atoms with Crippen LogP contribution in [0.25, 0.3) is 0 Å². The number of hydrazine groups is 1. The van der Waals surface area contributed by atoms with Crippen molar-refractivity contribution in [3.63, 3.8) is 0 Å². The fourth-order valence-electron chi connectivity index (χ4n) is 1.32. The number of carbonyl (C=O) groups excluding carboxylic acids is 3. The first-order valence-electron chi connectivity index (χ1n) is 6.47. The third-order valence-electron chi connectivity index (χ3n) is 2.31. The molecule has 122 valence electrons. The SMILES string of the molecule is CCOC(=O)C=CC(=O)NC(=S)NNC(=O)c1ccc(O)cc1. The van der Waals surface area contributed by atoms with Crippen molar-refractivity contribution in [3.05, 3.63) is 42.0 Å². The maximum absolute atomic E-state index is 11.7. The minimum Gasteiger partial charge on any atom is -0.508 e. The summed E-state index contributed by atoms with van der Waals surface area (Å²) in [7, 11) is 0. The second-order valence-electron chi connectivity index (χ2n) is 4.03. The van der Waals surface area contributed by atoms with Crippen molar-refractivity contribution in [1.29, 1.82) is 0 Å². The van der Waals surface area contributed by atoms with Crippen molar-refractivity contribution in [2.45, 2.75) is 6.92 Å². The number of hydrogen-bond donors (Lipinski definition) is 4. The Hall–Kier alpha value is -2.94. The molecule has 1 aromatic carbocycles. The number of benzene rings is 1. The van der Waals surface area contributed by atoms with Crippen LogP contribution in [0.15, 0.2) is 36.4 Å². The van der Waals surface area contributed by atoms with Crippen LogP contribution in [-0.2, 0) is 14.3 Å². The number of nitrogens with one attached hydrogen (secondary N) is 3. The second-order valence-corrected chi connectivity index (χ2v) is 4.44. The average molecular weight is 337 g/mol. The summed E-state index contributed by atoms with van der Waals surface area (Å²) in [5.74, 6) is -1.79. The molecule has 0 aromatic heterocycles. The molecule has 0 unspecified atom stereocenters. The quantitative estimate of drug-likeness (QED) is 0.267. The zero-order valence-corrected chi connectivity index (χ0v) is 13.0. The standard InChI is InChI=1S/C14H15N3O5S/c1-2-22-12(20)8-7-11(19)15-14(23)17-16-13(21)9-3-5-10(18)6-4-9/h3-8,18H,2H2,1H3,(H,16,21)(H2,15,17,19,23). The Morgan fingerprint density at radius 3 is 2.43 bits per heavy atom. The first kappa shape index (κ1) is 18.1. The van der Waals surface area contributed by atoms with Gasteiger partial charge in [0.15, 0.2) is 5.11 Å². The van der Waals surface area contributed by atoms with E-state index in [4.69, 9.17) is 17.3 Å². The first-order valence-corrected chi connectivity index (χ1v) is 6.88. The number of carbonyl (C=O) groups is 3. The van der Waals surface area contributed by atoms with Gasteiger partial charge in [-0.05, 0) is 43.4 Å². The third-order valence-corrected chi connectivity index (χ3v) is 2.52. The molecule has 23 heavy (non-hydrogen) atoms. The van der Waals surface area contributed by atoms with E-state index in [1.165, 1.54) is 24.3 Å². The molecule has 0 bridgehead atoms. The van der Waals surface area contributed by atoms with Crippen LogP contribution in [0.4, 0.5) is 0 Å². The number of rotatable bonds is 4. The van der Waals surface area contributed by atoms with Crippen LogP contribution < -0.4 is 16.2 Å². The van der Waals surface area contributed by atoms with E-state index >= 15 is 0 Å². The minimum atomic E-state index is -0.658. The van der Waals surface area contributed by atoms with Crippen LogP contribution in [0.3, 0.4) is 0 Å². The van der Waals surface area contributed by atoms with Crippen LogP contribution >= 0.6 is 12.2 Å². The lowest BCUT2D eigenvalue weighted by Crippen LogP contribution is -2.48. The van der Waals surface area contributed by atoms with Gasteiger partial charge in [0.1, 0.15) is 5.75 Å². The van der Waals surface area contributed by atoms with Gasteiger partial charge < -0.3 is 9.84 Å². The largest absolute Gasteiger partial charge is 0.508 e. The summed E-state index contributed by atoms with van der Waals surface area (Å²) in [4.78, 5) is 34.2. The van der Waals surface area contributed by atoms with E-state index in [-0.39, 0.29) is 23.0 Å². The molecule has 0 saturated heterocycles. The zero-order chi connectivity index (χ0) is 17.2. The fourth-order valence-corrected chi connectivity index (χ4v) is 1.47. The molecule has 2 amide bonds. The highest BCUT2D eigenvalue weighted by Gasteiger charge is 2.07. The van der Waals surface area contributed by atoms with E-state index in [1.807, 2.05) is 0 Å². The molecule has 4 N–H and O–H groups in total. The van der Waals surface area contributed by atoms with Crippen LogP contribution in [0.5, 0.6) is 5.75 Å². The number of aromatic hydroxyl groups is 1. The summed E-state index contributed by atoms with van der Waals surface area (Å²) < 4.78 is 4.60. The van der Waals surface area contributed by atoms with E-state index in [0.717, 1.165) is 12.2 Å². The van der Waals surface area contributed by atoms with E-state index < -0.39 is 17.8 Å². The summed E-state index contributed by atoms with van der Waals surface area (Å²) in [5.41, 5.74) is 4.88. The maximum Gasteiger partial charge on any atom is 0.330 e. The molecular formula is C14H15N3O5S. The lowest BCUT2D eigenvalue weighted by atomic mass is 10.2. The van der Waals surface area contributed by atoms with Crippen molar-refractivity contribution >= 4 is 35.1 Å². The molecule has 0 fully saturated rings. The number of hydrogen-bond acceptors (Lipinski definition) is 6. The highest BCUT2D eigenvalue weighted by atomic mass is 32.1. The van der Waals surface area contributed by atoms with Crippen LogP contribution in [0.2, 0.25) is 0 Å². The Labute approximate surface area is 137 Å². The minimum absolute atomic E-state index is 0.0330. The lowest BCUT2D eigenvalue weighted by molar-refractivity contribution is -0.137. The Morgan fingerprint density at radius 2 is 1.83 bits per heavy atom. The molecule has 0 atom stereocenters. The molecule has 0 spiro atoms. The van der Waals surface area contributed by atoms with Gasteiger partial charge in [-0.25, -0.2) is 4.79 Å². The number of phenolic OH excluding ortho intramolecular Hbond substituents is 1. The highest BCUT2D eigenvalue weighted by Crippen LogP contribution is 2.08. The van der Waals surface area contributed by atoms with Gasteiger partial charge in [0.2, 0.25) is 5.91 Å². The predicted molar refractivity (Wildman–Crippen MR) is 85.2 cm³/mol. The Bertz CT molecular complexity index is 628. The molecule has 0 heterocycles. The zero-order valence-electron chi connectivity index (χ0n) is 12.2. The first-order chi connectivity index (χ1) is 10.9. The van der Waals surface area contributed by atoms with Gasteiger partial charge in [-0.15, -0.1) is 0 Å². The Balaban J connectivity index is 2.39. The molecular weight excluding hydrogens is 322 g/mol. The molecule has 8 nitrogen and oxygen atoms in total. The second kappa shape index (κ2) is 9.15. The number of thiocarbonyl (C=S) groups is 1. The maximum atomic E-state index is 11.7. The van der Waals surface area contributed by atoms with Gasteiger partial charge in [0, 0.05) is 17.7 Å². The van der Waals surface area contributed by atoms with Crippen molar-refractivity contribution in [2.24, 2.45) is 0 Å². The van der Waals surface area contributed by atoms with E-state index in [0.29, 0.717) is 0 Å². The molecule has 0 radical (unpaired) electrons. The topological polar surface area (TPSA) is 117 Å². The lowest BCUT2D eigenvalue weighted by Gasteiger charge is -2.09. The van der Waals surface area contributed by atoms with Crippen molar-refractivity contribution < 1.29 is 24.2 Å². The van der Waals surface area contributed by atoms with Crippen LogP contribution in [0.1, 0.15) is 17.3 Å². The molecule has 9 heteroatoms. The highest BCUT2D eigenvalue weighted by molar-refractivity contribution is 7.80. The average Bonchev–Trinajstić information content (AvgIpc) is 2.51. The monoisotopic (exact) mass is 337 g/mol. The van der Waals surface area contributed by atoms with Crippen molar-refractivity contribution in [3.8, 4) is 5.75 Å². The molecule has 1 aromatic rings. The van der Waals surface area contributed by atoms with Crippen molar-refractivity contribution in [1.82, 2.24) is 16.2 Å². The molecule has 1 rings (SSSR count). The molecule has 0 saturated carbocycles. The molecule has 0 aliphatic heterocycles. The van der Waals surface area contributed by atoms with Gasteiger partial charge >= 0.3 is 5.97 Å². The van der Waals surface area contributed by atoms with Gasteiger partial charge in [-0.3, -0.25) is 25.8 Å². The number of ether oxygens (including phenoxy) is 1. The molecule has 0 aliphatic rings. The van der Waals surface area contributed by atoms with E-state index in [2.05, 4.69) is 20.9 Å². The normalized spacial score (nSPS) is 9.96. The van der Waals surface area contributed by atoms with Crippen LogP contribution in [0, 0.1) is 0 Å². The van der Waals surface area contributed by atoms with Crippen molar-refractivity contribution in [2.75, 3.05) is 6.61 Å². The summed E-state index contributed by atoms with van der Waals surface area (Å²) >= 11 is 4.80. The van der Waals surface area contributed by atoms with Gasteiger partial charge in [0.05, 0.1) is 6.61 Å². The van der Waals surface area contributed by atoms with Crippen LogP contribution in [-0.4, -0.2) is 34.6 Å². The summed E-state index contributed by atoms with van der Waals surface area (Å²) in [6.07, 6.45) is 1.91. The summed E-state index contributed by atoms with van der Waals surface area (Å²) in [5, 5.41) is 11.2. The Kier molecular flexibility index (Phi) is 7.21. The predicted octanol–water partition coefficient (Wildman–Crippen LogP) is 0.147. The van der Waals surface area contributed by atoms with E-state index in [1.54, 1.807) is 6.92 Å². The number of amides is 2. The number of esters is 1. The fraction of sp³-hybridized carbons (Fsp3) is 0.143. The van der Waals surface area contributed by atoms with Gasteiger partial charge in [-0.1, -0.05) is 0 Å².